The highest BCUT2D eigenvalue weighted by Crippen LogP contribution is 2.35. The lowest BCUT2D eigenvalue weighted by molar-refractivity contribution is -0.121. The molecule has 0 atom stereocenters. The predicted molar refractivity (Wildman–Crippen MR) is 166 cm³/mol. The van der Waals surface area contributed by atoms with E-state index in [1.54, 1.807) is 5.01 Å². The zero-order chi connectivity index (χ0) is 29.4. The third kappa shape index (κ3) is 11.5. The molecule has 0 saturated carbocycles. The lowest BCUT2D eigenvalue weighted by Crippen LogP contribution is -2.30. The van der Waals surface area contributed by atoms with Crippen LogP contribution in [-0.4, -0.2) is 37.8 Å². The molecule has 1 heterocycles. The monoisotopic (exact) mass is 537 g/mol. The molecule has 7 heteroatoms. The highest BCUT2D eigenvalue weighted by molar-refractivity contribution is 5.93. The van der Waals surface area contributed by atoms with Gasteiger partial charge >= 0.3 is 0 Å². The van der Waals surface area contributed by atoms with Gasteiger partial charge in [-0.2, -0.15) is 0 Å². The van der Waals surface area contributed by atoms with Gasteiger partial charge < -0.3 is 25.8 Å². The minimum absolute atomic E-state index is 0.111. The van der Waals surface area contributed by atoms with Crippen LogP contribution in [0.3, 0.4) is 0 Å². The number of hydrazine groups is 1. The van der Waals surface area contributed by atoms with E-state index in [-0.39, 0.29) is 5.91 Å². The number of aldehydes is 1. The van der Waals surface area contributed by atoms with Crippen LogP contribution in [-0.2, 0) is 16.1 Å². The summed E-state index contributed by atoms with van der Waals surface area (Å²) in [7, 11) is 3.91. The first-order chi connectivity index (χ1) is 18.5. The molecule has 0 unspecified atom stereocenters. The molecule has 0 radical (unpaired) electrons. The number of fused-ring (bicyclic) bond motifs is 2. The molecule has 1 aliphatic rings. The van der Waals surface area contributed by atoms with Crippen molar-refractivity contribution in [2.75, 3.05) is 25.5 Å². The van der Waals surface area contributed by atoms with Gasteiger partial charge in [0.2, 0.25) is 5.91 Å². The second kappa shape index (κ2) is 17.3. The molecule has 216 valence electrons. The summed E-state index contributed by atoms with van der Waals surface area (Å²) in [6.07, 6.45) is 5.80. The Bertz CT molecular complexity index is 1060. The Kier molecular flexibility index (Phi) is 15.0. The average molecular weight is 538 g/mol. The van der Waals surface area contributed by atoms with E-state index in [9.17, 15) is 9.59 Å². The van der Waals surface area contributed by atoms with Crippen LogP contribution in [0, 0.1) is 5.41 Å². The number of para-hydroxylation sites is 1. The standard InChI is InChI=1S/C17H20N4.C13H25NO2.C2H6/c1-20-11-12-7-3-4-8-13(12)16(18)17(21(2)19)14-9-5-6-10-15(14)20;1-13(2,3)9-7-10-14-12(16)8-5-4-6-11-15;1-2/h3-10H,11,18-19H2,1-2H3;11H,4-10H2,1-3H3,(H,14,16);1-2H3/b17-16-;;. The number of benzene rings is 2. The fourth-order valence-electron chi connectivity index (χ4n) is 4.37. The lowest BCUT2D eigenvalue weighted by Gasteiger charge is -2.30. The number of carbonyl (C=O) groups excluding carboxylic acids is 2. The molecule has 5 N–H and O–H groups in total. The molecule has 0 saturated heterocycles. The maximum absolute atomic E-state index is 11.3. The maximum Gasteiger partial charge on any atom is 0.219 e. The van der Waals surface area contributed by atoms with Crippen LogP contribution < -0.4 is 21.8 Å². The molecule has 1 amide bonds. The minimum atomic E-state index is 0.111. The molecule has 0 fully saturated rings. The average Bonchev–Trinajstić information content (AvgIpc) is 2.90. The Labute approximate surface area is 236 Å². The van der Waals surface area contributed by atoms with Crippen molar-refractivity contribution < 1.29 is 9.59 Å². The number of anilines is 1. The molecule has 7 nitrogen and oxygen atoms in total. The van der Waals surface area contributed by atoms with Crippen LogP contribution in [0.2, 0.25) is 0 Å². The number of nitrogens with zero attached hydrogens (tertiary/aromatic N) is 2. The zero-order valence-electron chi connectivity index (χ0n) is 25.2. The molecule has 0 aromatic heterocycles. The van der Waals surface area contributed by atoms with Crippen molar-refractivity contribution in [2.45, 2.75) is 79.7 Å². The molecular weight excluding hydrogens is 486 g/mol. The SMILES string of the molecule is CC.CC(C)(C)CCCNC(=O)CCCCC=O.CN(N)/C1=C(\N)c2ccccc2CN(C)c2ccccc21. The van der Waals surface area contributed by atoms with Crippen molar-refractivity contribution in [3.05, 3.63) is 65.2 Å². The number of unbranched alkanes of at least 4 members (excludes halogenated alkanes) is 2. The van der Waals surface area contributed by atoms with Crippen LogP contribution in [0.5, 0.6) is 0 Å². The predicted octanol–water partition coefficient (Wildman–Crippen LogP) is 5.94. The van der Waals surface area contributed by atoms with Gasteiger partial charge in [0.25, 0.3) is 0 Å². The summed E-state index contributed by atoms with van der Waals surface area (Å²) in [6, 6.07) is 16.4. The Balaban J connectivity index is 0.000000382. The summed E-state index contributed by atoms with van der Waals surface area (Å²) in [5.41, 5.74) is 12.8. The first-order valence-electron chi connectivity index (χ1n) is 14.1. The van der Waals surface area contributed by atoms with Crippen LogP contribution in [0.15, 0.2) is 48.5 Å². The second-order valence-corrected chi connectivity index (χ2v) is 10.8. The fourth-order valence-corrected chi connectivity index (χ4v) is 4.37. The summed E-state index contributed by atoms with van der Waals surface area (Å²) < 4.78 is 0. The fraction of sp³-hybridized carbons (Fsp3) is 0.500. The van der Waals surface area contributed by atoms with Crippen LogP contribution in [0.25, 0.3) is 11.4 Å². The van der Waals surface area contributed by atoms with Gasteiger partial charge in [-0.15, -0.1) is 0 Å². The van der Waals surface area contributed by atoms with Crippen molar-refractivity contribution in [2.24, 2.45) is 17.0 Å². The number of hydrogen-bond donors (Lipinski definition) is 3. The first kappa shape index (κ1) is 33.7. The highest BCUT2D eigenvalue weighted by Gasteiger charge is 2.22. The Morgan fingerprint density at radius 2 is 1.64 bits per heavy atom. The smallest absolute Gasteiger partial charge is 0.219 e. The topological polar surface area (TPSA) is 105 Å². The summed E-state index contributed by atoms with van der Waals surface area (Å²) in [6.45, 7) is 12.2. The lowest BCUT2D eigenvalue weighted by atomic mass is 9.91. The van der Waals surface area contributed by atoms with Crippen molar-refractivity contribution in [1.82, 2.24) is 10.3 Å². The normalized spacial score (nSPS) is 14.2. The van der Waals surface area contributed by atoms with Crippen molar-refractivity contribution >= 4 is 29.3 Å². The van der Waals surface area contributed by atoms with Crippen molar-refractivity contribution in [3.8, 4) is 0 Å². The van der Waals surface area contributed by atoms with Gasteiger partial charge in [-0.25, -0.2) is 5.84 Å². The van der Waals surface area contributed by atoms with Crippen molar-refractivity contribution in [3.63, 3.8) is 0 Å². The molecule has 2 aromatic carbocycles. The number of rotatable bonds is 9. The van der Waals surface area contributed by atoms with Crippen LogP contribution in [0.4, 0.5) is 5.69 Å². The molecule has 2 aromatic rings. The highest BCUT2D eigenvalue weighted by atomic mass is 16.1. The van der Waals surface area contributed by atoms with E-state index in [4.69, 9.17) is 11.6 Å². The van der Waals surface area contributed by atoms with E-state index in [0.717, 1.165) is 73.3 Å². The summed E-state index contributed by atoms with van der Waals surface area (Å²) in [5, 5.41) is 4.51. The van der Waals surface area contributed by atoms with Crippen LogP contribution >= 0.6 is 0 Å². The molecular formula is C32H51N5O2. The number of nitrogens with one attached hydrogen (secondary N) is 1. The summed E-state index contributed by atoms with van der Waals surface area (Å²) >= 11 is 0. The van der Waals surface area contributed by atoms with E-state index in [1.165, 1.54) is 5.56 Å². The van der Waals surface area contributed by atoms with E-state index in [2.05, 4.69) is 62.3 Å². The van der Waals surface area contributed by atoms with Gasteiger partial charge in [0.1, 0.15) is 6.29 Å². The third-order valence-corrected chi connectivity index (χ3v) is 6.29. The summed E-state index contributed by atoms with van der Waals surface area (Å²) in [4.78, 5) is 23.6. The number of nitrogens with two attached hydrogens (primary N) is 2. The van der Waals surface area contributed by atoms with Crippen molar-refractivity contribution in [1.29, 1.82) is 0 Å². The molecule has 39 heavy (non-hydrogen) atoms. The molecule has 0 aliphatic carbocycles. The summed E-state index contributed by atoms with van der Waals surface area (Å²) in [5.74, 6) is 6.18. The van der Waals surface area contributed by atoms with Crippen LogP contribution in [0.1, 0.15) is 89.8 Å². The van der Waals surface area contributed by atoms with Gasteiger partial charge in [-0.05, 0) is 42.7 Å². The quantitative estimate of drug-likeness (QED) is 0.158. The van der Waals surface area contributed by atoms with E-state index >= 15 is 0 Å². The molecule has 3 rings (SSSR count). The Hall–Kier alpha value is -3.32. The van der Waals surface area contributed by atoms with Gasteiger partial charge in [0.05, 0.1) is 11.4 Å². The Morgan fingerprint density at radius 1 is 1.03 bits per heavy atom. The van der Waals surface area contributed by atoms with Gasteiger partial charge in [0.15, 0.2) is 0 Å². The molecule has 1 aliphatic heterocycles. The third-order valence-electron chi connectivity index (χ3n) is 6.29. The first-order valence-corrected chi connectivity index (χ1v) is 14.1. The second-order valence-electron chi connectivity index (χ2n) is 10.8. The zero-order valence-corrected chi connectivity index (χ0v) is 25.2. The molecule has 0 bridgehead atoms. The van der Waals surface area contributed by atoms with E-state index in [0.29, 0.717) is 18.3 Å². The largest absolute Gasteiger partial charge is 0.396 e. The van der Waals surface area contributed by atoms with E-state index in [1.807, 2.05) is 45.2 Å². The van der Waals surface area contributed by atoms with Gasteiger partial charge in [-0.3, -0.25) is 4.79 Å². The number of carbonyl (C=O) groups is 2. The number of amides is 1. The number of hydrogen-bond acceptors (Lipinski definition) is 6. The maximum atomic E-state index is 11.3. The Morgan fingerprint density at radius 3 is 2.26 bits per heavy atom. The minimum Gasteiger partial charge on any atom is -0.396 e. The molecule has 0 spiro atoms. The van der Waals surface area contributed by atoms with E-state index < -0.39 is 0 Å². The van der Waals surface area contributed by atoms with Gasteiger partial charge in [-0.1, -0.05) is 77.1 Å². The van der Waals surface area contributed by atoms with Gasteiger partial charge in [0, 0.05) is 56.8 Å².